The highest BCUT2D eigenvalue weighted by Crippen LogP contribution is 2.65. The van der Waals surface area contributed by atoms with Gasteiger partial charge in [-0.05, 0) is 5.41 Å². The van der Waals surface area contributed by atoms with Crippen LogP contribution in [0.5, 0.6) is 0 Å². The van der Waals surface area contributed by atoms with E-state index in [1.807, 2.05) is 0 Å². The van der Waals surface area contributed by atoms with E-state index in [4.69, 9.17) is 5.11 Å². The van der Waals surface area contributed by atoms with E-state index >= 15 is 0 Å². The number of rotatable bonds is 3. The molecule has 1 aliphatic rings. The Hall–Kier alpha value is -1.92. The lowest BCUT2D eigenvalue weighted by Crippen LogP contribution is -2.04. The zero-order valence-corrected chi connectivity index (χ0v) is 9.75. The van der Waals surface area contributed by atoms with Gasteiger partial charge >= 0.3 is 11.7 Å². The average molecular weight is 239 g/mol. The van der Waals surface area contributed by atoms with E-state index in [-0.39, 0.29) is 11.6 Å². The first-order valence-corrected chi connectivity index (χ1v) is 5.17. The summed E-state index contributed by atoms with van der Waals surface area (Å²) < 4.78 is 1.40. The summed E-state index contributed by atoms with van der Waals surface area (Å²) in [6.07, 6.45) is 1.17. The Morgan fingerprint density at radius 2 is 2.24 bits per heavy atom. The van der Waals surface area contributed by atoms with Crippen LogP contribution in [0, 0.1) is 21.4 Å². The maximum Gasteiger partial charge on any atom is 0.310 e. The van der Waals surface area contributed by atoms with Crippen LogP contribution in [0.4, 0.5) is 5.69 Å². The van der Waals surface area contributed by atoms with Gasteiger partial charge in [-0.3, -0.25) is 19.6 Å². The molecule has 1 N–H and O–H groups in total. The molecule has 0 bridgehead atoms. The lowest BCUT2D eigenvalue weighted by molar-refractivity contribution is -0.385. The summed E-state index contributed by atoms with van der Waals surface area (Å²) in [6.45, 7) is 3.60. The van der Waals surface area contributed by atoms with Crippen LogP contribution in [0.15, 0.2) is 6.20 Å². The normalized spacial score (nSPS) is 25.6. The van der Waals surface area contributed by atoms with Crippen LogP contribution < -0.4 is 0 Å². The van der Waals surface area contributed by atoms with Gasteiger partial charge in [-0.2, -0.15) is 5.10 Å². The third-order valence-electron chi connectivity index (χ3n) is 3.55. The molecular formula is C10H13N3O4. The van der Waals surface area contributed by atoms with Crippen LogP contribution >= 0.6 is 0 Å². The third-order valence-corrected chi connectivity index (χ3v) is 3.55. The lowest BCUT2D eigenvalue weighted by Gasteiger charge is -2.02. The second-order valence-corrected chi connectivity index (χ2v) is 4.91. The summed E-state index contributed by atoms with van der Waals surface area (Å²) in [7, 11) is 1.59. The average Bonchev–Trinajstić information content (AvgIpc) is 2.56. The molecular weight excluding hydrogens is 226 g/mol. The zero-order chi connectivity index (χ0) is 13.0. The summed E-state index contributed by atoms with van der Waals surface area (Å²) in [5.74, 6) is -1.86. The molecule has 17 heavy (non-hydrogen) atoms. The van der Waals surface area contributed by atoms with E-state index in [9.17, 15) is 14.9 Å². The van der Waals surface area contributed by atoms with Gasteiger partial charge in [0.1, 0.15) is 11.9 Å². The van der Waals surface area contributed by atoms with Gasteiger partial charge in [-0.1, -0.05) is 13.8 Å². The summed E-state index contributed by atoms with van der Waals surface area (Å²) in [5.41, 5.74) is -0.175. The molecule has 92 valence electrons. The number of hydrogen-bond donors (Lipinski definition) is 1. The number of carboxylic acid groups (broad SMARTS) is 1. The van der Waals surface area contributed by atoms with Crippen LogP contribution in [0.2, 0.25) is 0 Å². The van der Waals surface area contributed by atoms with Gasteiger partial charge in [0.05, 0.1) is 10.8 Å². The molecule has 0 saturated heterocycles. The Morgan fingerprint density at radius 1 is 1.65 bits per heavy atom. The second kappa shape index (κ2) is 3.28. The molecule has 0 spiro atoms. The predicted octanol–water partition coefficient (Wildman–Crippen LogP) is 1.15. The number of carboxylic acids is 1. The van der Waals surface area contributed by atoms with E-state index in [0.717, 1.165) is 0 Å². The quantitative estimate of drug-likeness (QED) is 0.630. The maximum atomic E-state index is 11.1. The van der Waals surface area contributed by atoms with Crippen molar-refractivity contribution in [2.45, 2.75) is 19.8 Å². The number of carbonyl (C=O) groups is 1. The summed E-state index contributed by atoms with van der Waals surface area (Å²) in [6, 6.07) is 0. The largest absolute Gasteiger partial charge is 0.481 e. The number of aliphatic carboxylic acids is 1. The fourth-order valence-electron chi connectivity index (χ4n) is 2.55. The highest BCUT2D eigenvalue weighted by atomic mass is 16.6. The molecule has 7 heteroatoms. The first-order chi connectivity index (χ1) is 7.78. The van der Waals surface area contributed by atoms with Crippen molar-refractivity contribution >= 4 is 11.7 Å². The minimum absolute atomic E-state index is 0.102. The molecule has 1 heterocycles. The fraction of sp³-hybridized carbons (Fsp3) is 0.600. The molecule has 7 nitrogen and oxygen atoms in total. The Bertz CT molecular complexity index is 506. The van der Waals surface area contributed by atoms with Gasteiger partial charge in [0.25, 0.3) is 0 Å². The Kier molecular flexibility index (Phi) is 2.23. The molecule has 1 aromatic heterocycles. The number of aryl methyl sites for hydroxylation is 1. The van der Waals surface area contributed by atoms with Crippen molar-refractivity contribution < 1.29 is 14.8 Å². The van der Waals surface area contributed by atoms with Gasteiger partial charge in [0.2, 0.25) is 0 Å². The van der Waals surface area contributed by atoms with Gasteiger partial charge in [0, 0.05) is 13.0 Å². The van der Waals surface area contributed by atoms with Gasteiger partial charge in [-0.15, -0.1) is 0 Å². The van der Waals surface area contributed by atoms with Crippen LogP contribution in [0.1, 0.15) is 25.5 Å². The van der Waals surface area contributed by atoms with Crippen LogP contribution in [-0.2, 0) is 11.8 Å². The first kappa shape index (κ1) is 11.6. The van der Waals surface area contributed by atoms with Crippen molar-refractivity contribution in [2.24, 2.45) is 18.4 Å². The SMILES string of the molecule is Cn1ncc([N+](=O)[O-])c1[C@@H]1[C@@H](C(=O)O)C1(C)C. The minimum Gasteiger partial charge on any atom is -0.481 e. The molecule has 0 aliphatic heterocycles. The highest BCUT2D eigenvalue weighted by Gasteiger charge is 2.65. The molecule has 1 fully saturated rings. The lowest BCUT2D eigenvalue weighted by atomic mass is 10.1. The summed E-state index contributed by atoms with van der Waals surface area (Å²) in [4.78, 5) is 21.4. The maximum absolute atomic E-state index is 11.1. The Balaban J connectivity index is 2.46. The number of hydrogen-bond acceptors (Lipinski definition) is 4. The van der Waals surface area contributed by atoms with Crippen molar-refractivity contribution in [3.8, 4) is 0 Å². The Labute approximate surface area is 97.2 Å². The standard InChI is InChI=1S/C10H13N3O4/c1-10(2)6(7(10)9(14)15)8-5(13(16)17)4-11-12(8)3/h4,6-7H,1-3H3,(H,14,15)/t6-,7-/m0/s1. The molecule has 0 unspecified atom stereocenters. The van der Waals surface area contributed by atoms with E-state index in [0.29, 0.717) is 5.69 Å². The van der Waals surface area contributed by atoms with Crippen LogP contribution in [0.25, 0.3) is 0 Å². The minimum atomic E-state index is -0.921. The monoisotopic (exact) mass is 239 g/mol. The van der Waals surface area contributed by atoms with Crippen molar-refractivity contribution in [3.63, 3.8) is 0 Å². The van der Waals surface area contributed by atoms with E-state index in [1.165, 1.54) is 10.9 Å². The zero-order valence-electron chi connectivity index (χ0n) is 9.75. The van der Waals surface area contributed by atoms with Gasteiger partial charge in [-0.25, -0.2) is 0 Å². The third kappa shape index (κ3) is 1.49. The van der Waals surface area contributed by atoms with Crippen molar-refractivity contribution in [1.82, 2.24) is 9.78 Å². The Morgan fingerprint density at radius 3 is 2.65 bits per heavy atom. The van der Waals surface area contributed by atoms with E-state index in [2.05, 4.69) is 5.10 Å². The van der Waals surface area contributed by atoms with Crippen LogP contribution in [0.3, 0.4) is 0 Å². The summed E-state index contributed by atoms with van der Waals surface area (Å²) in [5, 5.41) is 23.8. The first-order valence-electron chi connectivity index (χ1n) is 5.17. The van der Waals surface area contributed by atoms with Crippen molar-refractivity contribution in [3.05, 3.63) is 22.0 Å². The second-order valence-electron chi connectivity index (χ2n) is 4.91. The molecule has 2 atom stereocenters. The molecule has 0 aromatic carbocycles. The number of aromatic nitrogens is 2. The highest BCUT2D eigenvalue weighted by molar-refractivity contribution is 5.78. The number of nitro groups is 1. The van der Waals surface area contributed by atoms with E-state index < -0.39 is 22.2 Å². The van der Waals surface area contributed by atoms with Gasteiger partial charge < -0.3 is 5.11 Å². The smallest absolute Gasteiger partial charge is 0.310 e. The molecule has 1 saturated carbocycles. The fourth-order valence-corrected chi connectivity index (χ4v) is 2.55. The van der Waals surface area contributed by atoms with Gasteiger partial charge in [0.15, 0.2) is 0 Å². The van der Waals surface area contributed by atoms with Crippen molar-refractivity contribution in [2.75, 3.05) is 0 Å². The van der Waals surface area contributed by atoms with Crippen LogP contribution in [-0.4, -0.2) is 25.8 Å². The number of nitrogens with zero attached hydrogens (tertiary/aromatic N) is 3. The van der Waals surface area contributed by atoms with E-state index in [1.54, 1.807) is 20.9 Å². The topological polar surface area (TPSA) is 98.3 Å². The molecule has 0 amide bonds. The summed E-state index contributed by atoms with van der Waals surface area (Å²) >= 11 is 0. The predicted molar refractivity (Wildman–Crippen MR) is 57.5 cm³/mol. The molecule has 0 radical (unpaired) electrons. The molecule has 1 aromatic rings. The molecule has 1 aliphatic carbocycles. The van der Waals surface area contributed by atoms with Crippen molar-refractivity contribution in [1.29, 1.82) is 0 Å². The molecule has 2 rings (SSSR count).